The lowest BCUT2D eigenvalue weighted by atomic mass is 10.4. The van der Waals surface area contributed by atoms with Crippen LogP contribution in [0.1, 0.15) is 5.76 Å². The number of hydrogen-bond donors (Lipinski definition) is 1. The predicted octanol–water partition coefficient (Wildman–Crippen LogP) is 1.14. The fourth-order valence-electron chi connectivity index (χ4n) is 0.778. The van der Waals surface area contributed by atoms with Crippen LogP contribution in [-0.2, 0) is 6.54 Å². The average molecular weight is 182 g/mol. The van der Waals surface area contributed by atoms with E-state index >= 15 is 0 Å². The first-order chi connectivity index (χ1) is 5.95. The van der Waals surface area contributed by atoms with E-state index in [0.29, 0.717) is 11.7 Å². The summed E-state index contributed by atoms with van der Waals surface area (Å²) in [4.78, 5) is 0. The Hall–Kier alpha value is -1.43. The summed E-state index contributed by atoms with van der Waals surface area (Å²) in [6, 6.07) is 3.73. The first kappa shape index (κ1) is 7.23. The van der Waals surface area contributed by atoms with Crippen LogP contribution in [-0.4, -0.2) is 14.8 Å². The number of furan rings is 1. The van der Waals surface area contributed by atoms with Crippen LogP contribution in [0.2, 0.25) is 0 Å². The molecule has 2 aromatic rings. The first-order valence-corrected chi connectivity index (χ1v) is 4.14. The van der Waals surface area contributed by atoms with Crippen LogP contribution in [0.4, 0.5) is 5.13 Å². The summed E-state index contributed by atoms with van der Waals surface area (Å²) in [5.74, 6) is 0.866. The highest BCUT2D eigenvalue weighted by Gasteiger charge is 1.98. The van der Waals surface area contributed by atoms with Crippen LogP contribution in [0.25, 0.3) is 0 Å². The monoisotopic (exact) mass is 182 g/mol. The SMILES string of the molecule is c1coc(CNc2nnns2)c1. The molecule has 5 nitrogen and oxygen atoms in total. The molecule has 0 aliphatic heterocycles. The summed E-state index contributed by atoms with van der Waals surface area (Å²) in [6.45, 7) is 0.615. The number of rotatable bonds is 3. The lowest BCUT2D eigenvalue weighted by Crippen LogP contribution is -1.96. The number of hydrogen-bond acceptors (Lipinski definition) is 6. The van der Waals surface area contributed by atoms with Gasteiger partial charge in [-0.15, -0.1) is 0 Å². The first-order valence-electron chi connectivity index (χ1n) is 3.36. The average Bonchev–Trinajstić information content (AvgIpc) is 2.74. The van der Waals surface area contributed by atoms with E-state index in [9.17, 15) is 0 Å². The van der Waals surface area contributed by atoms with Crippen molar-refractivity contribution in [3.05, 3.63) is 24.2 Å². The van der Waals surface area contributed by atoms with Crippen molar-refractivity contribution in [2.24, 2.45) is 0 Å². The molecule has 2 aromatic heterocycles. The molecule has 0 aliphatic carbocycles. The van der Waals surface area contributed by atoms with E-state index in [1.54, 1.807) is 6.26 Å². The molecule has 0 unspecified atom stereocenters. The maximum Gasteiger partial charge on any atom is 0.225 e. The zero-order chi connectivity index (χ0) is 8.23. The van der Waals surface area contributed by atoms with Gasteiger partial charge < -0.3 is 9.73 Å². The van der Waals surface area contributed by atoms with Crippen LogP contribution >= 0.6 is 11.5 Å². The molecule has 0 bridgehead atoms. The van der Waals surface area contributed by atoms with Gasteiger partial charge in [0.15, 0.2) is 0 Å². The summed E-state index contributed by atoms with van der Waals surface area (Å²) in [6.07, 6.45) is 1.63. The van der Waals surface area contributed by atoms with Gasteiger partial charge in [0.05, 0.1) is 12.8 Å². The van der Waals surface area contributed by atoms with E-state index in [0.717, 1.165) is 5.76 Å². The molecule has 0 atom stereocenters. The second kappa shape index (κ2) is 3.31. The van der Waals surface area contributed by atoms with E-state index < -0.39 is 0 Å². The molecule has 0 aromatic carbocycles. The maximum atomic E-state index is 5.11. The summed E-state index contributed by atoms with van der Waals surface area (Å²) >= 11 is 1.22. The zero-order valence-electron chi connectivity index (χ0n) is 6.10. The number of anilines is 1. The van der Waals surface area contributed by atoms with Gasteiger partial charge in [-0.2, -0.15) is 0 Å². The Balaban J connectivity index is 1.91. The largest absolute Gasteiger partial charge is 0.467 e. The molecule has 6 heteroatoms. The highest BCUT2D eigenvalue weighted by molar-refractivity contribution is 7.09. The molecule has 2 rings (SSSR count). The summed E-state index contributed by atoms with van der Waals surface area (Å²) in [5, 5.41) is 10.9. The summed E-state index contributed by atoms with van der Waals surface area (Å²) in [5.41, 5.74) is 0. The standard InChI is InChI=1S/C6H6N4OS/c1-2-5(11-3-1)4-7-6-8-9-10-12-6/h1-3H,4H2,(H,7,8,10). The van der Waals surface area contributed by atoms with Crippen molar-refractivity contribution in [3.63, 3.8) is 0 Å². The lowest BCUT2D eigenvalue weighted by Gasteiger charge is -1.95. The van der Waals surface area contributed by atoms with Gasteiger partial charge >= 0.3 is 0 Å². The van der Waals surface area contributed by atoms with Crippen LogP contribution in [0.15, 0.2) is 22.8 Å². The molecular formula is C6H6N4OS. The third-order valence-corrected chi connectivity index (χ3v) is 1.85. The lowest BCUT2D eigenvalue weighted by molar-refractivity contribution is 0.518. The third-order valence-electron chi connectivity index (χ3n) is 1.29. The maximum absolute atomic E-state index is 5.11. The molecule has 1 N–H and O–H groups in total. The third kappa shape index (κ3) is 1.59. The fraction of sp³-hybridized carbons (Fsp3) is 0.167. The smallest absolute Gasteiger partial charge is 0.225 e. The Morgan fingerprint density at radius 1 is 1.58 bits per heavy atom. The van der Waals surface area contributed by atoms with Crippen molar-refractivity contribution in [1.82, 2.24) is 14.8 Å². The second-order valence-electron chi connectivity index (χ2n) is 2.10. The van der Waals surface area contributed by atoms with Gasteiger partial charge in [-0.1, -0.05) is 9.59 Å². The number of nitrogens with one attached hydrogen (secondary N) is 1. The minimum atomic E-state index is 0.615. The topological polar surface area (TPSA) is 63.8 Å². The van der Waals surface area contributed by atoms with Crippen molar-refractivity contribution in [3.8, 4) is 0 Å². The van der Waals surface area contributed by atoms with Crippen molar-refractivity contribution in [2.75, 3.05) is 5.32 Å². The molecule has 0 radical (unpaired) electrons. The Morgan fingerprint density at radius 2 is 2.58 bits per heavy atom. The molecule has 0 aliphatic rings. The van der Waals surface area contributed by atoms with Crippen molar-refractivity contribution < 1.29 is 4.42 Å². The Morgan fingerprint density at radius 3 is 3.25 bits per heavy atom. The molecular weight excluding hydrogens is 176 g/mol. The molecule has 62 valence electrons. The van der Waals surface area contributed by atoms with Gasteiger partial charge in [0, 0.05) is 11.5 Å². The highest BCUT2D eigenvalue weighted by atomic mass is 32.1. The van der Waals surface area contributed by atoms with Crippen LogP contribution in [0.3, 0.4) is 0 Å². The second-order valence-corrected chi connectivity index (χ2v) is 2.83. The fourth-order valence-corrected chi connectivity index (χ4v) is 1.14. The van der Waals surface area contributed by atoms with Gasteiger partial charge in [0.2, 0.25) is 5.13 Å². The molecule has 0 spiro atoms. The molecule has 2 heterocycles. The van der Waals surface area contributed by atoms with Gasteiger partial charge in [-0.05, 0) is 17.3 Å². The van der Waals surface area contributed by atoms with Crippen LogP contribution in [0, 0.1) is 0 Å². The quantitative estimate of drug-likeness (QED) is 0.771. The van der Waals surface area contributed by atoms with E-state index in [1.807, 2.05) is 12.1 Å². The molecule has 0 fully saturated rings. The minimum Gasteiger partial charge on any atom is -0.467 e. The van der Waals surface area contributed by atoms with Crippen molar-refractivity contribution >= 4 is 16.7 Å². The highest BCUT2D eigenvalue weighted by Crippen LogP contribution is 2.07. The van der Waals surface area contributed by atoms with Crippen LogP contribution < -0.4 is 5.32 Å². The van der Waals surface area contributed by atoms with Crippen molar-refractivity contribution in [2.45, 2.75) is 6.54 Å². The van der Waals surface area contributed by atoms with E-state index in [-0.39, 0.29) is 0 Å². The van der Waals surface area contributed by atoms with Gasteiger partial charge in [0.25, 0.3) is 0 Å². The zero-order valence-corrected chi connectivity index (χ0v) is 6.91. The predicted molar refractivity (Wildman–Crippen MR) is 43.7 cm³/mol. The van der Waals surface area contributed by atoms with Gasteiger partial charge in [0.1, 0.15) is 5.76 Å². The summed E-state index contributed by atoms with van der Waals surface area (Å²) in [7, 11) is 0. The van der Waals surface area contributed by atoms with E-state index in [2.05, 4.69) is 20.1 Å². The normalized spacial score (nSPS) is 10.0. The van der Waals surface area contributed by atoms with Crippen LogP contribution in [0.5, 0.6) is 0 Å². The Labute approximate surface area is 72.6 Å². The van der Waals surface area contributed by atoms with E-state index in [4.69, 9.17) is 4.42 Å². The van der Waals surface area contributed by atoms with Gasteiger partial charge in [-0.3, -0.25) is 0 Å². The summed E-state index contributed by atoms with van der Waals surface area (Å²) < 4.78 is 8.71. The Bertz CT molecular complexity index is 283. The molecule has 0 saturated heterocycles. The minimum absolute atomic E-state index is 0.615. The number of aromatic nitrogens is 3. The molecule has 12 heavy (non-hydrogen) atoms. The number of nitrogens with zero attached hydrogens (tertiary/aromatic N) is 3. The van der Waals surface area contributed by atoms with E-state index in [1.165, 1.54) is 11.5 Å². The molecule has 0 saturated carbocycles. The molecule has 0 amide bonds. The van der Waals surface area contributed by atoms with Crippen molar-refractivity contribution in [1.29, 1.82) is 0 Å². The Kier molecular flexibility index (Phi) is 2.00. The van der Waals surface area contributed by atoms with Gasteiger partial charge in [-0.25, -0.2) is 0 Å².